The number of para-hydroxylation sites is 2. The predicted molar refractivity (Wildman–Crippen MR) is 168 cm³/mol. The minimum Gasteiger partial charge on any atom is -0.486 e. The molecule has 0 spiro atoms. The van der Waals surface area contributed by atoms with Crippen LogP contribution in [0, 0.1) is 5.92 Å². The number of fused-ring (bicyclic) bond motifs is 1. The highest BCUT2D eigenvalue weighted by molar-refractivity contribution is 6.07. The van der Waals surface area contributed by atoms with Gasteiger partial charge in [0.25, 0.3) is 11.8 Å². The van der Waals surface area contributed by atoms with Gasteiger partial charge in [-0.1, -0.05) is 43.3 Å². The van der Waals surface area contributed by atoms with E-state index in [2.05, 4.69) is 41.3 Å². The third-order valence-corrected chi connectivity index (χ3v) is 7.56. The van der Waals surface area contributed by atoms with Crippen molar-refractivity contribution in [3.63, 3.8) is 0 Å². The quantitative estimate of drug-likeness (QED) is 0.244. The van der Waals surface area contributed by atoms with Crippen LogP contribution in [0.4, 0.5) is 5.69 Å². The molecular weight excluding hydrogens is 540 g/mol. The molecule has 1 N–H and O–H groups in total. The van der Waals surface area contributed by atoms with E-state index in [1.165, 1.54) is 0 Å². The molecule has 0 radical (unpaired) electrons. The summed E-state index contributed by atoms with van der Waals surface area (Å²) in [6.07, 6.45) is 2.91. The number of carbonyl (C=O) groups is 2. The van der Waals surface area contributed by atoms with Crippen LogP contribution >= 0.6 is 0 Å². The molecule has 2 amide bonds. The second-order valence-corrected chi connectivity index (χ2v) is 11.3. The molecule has 0 saturated heterocycles. The van der Waals surface area contributed by atoms with Crippen molar-refractivity contribution in [2.75, 3.05) is 25.5 Å². The molecule has 0 bridgehead atoms. The number of nitrogens with zero attached hydrogens (tertiary/aromatic N) is 3. The molecule has 222 valence electrons. The summed E-state index contributed by atoms with van der Waals surface area (Å²) >= 11 is 0. The van der Waals surface area contributed by atoms with Crippen LogP contribution in [0.25, 0.3) is 0 Å². The number of benzene rings is 3. The van der Waals surface area contributed by atoms with E-state index in [9.17, 15) is 9.59 Å². The van der Waals surface area contributed by atoms with Gasteiger partial charge in [-0.3, -0.25) is 19.5 Å². The van der Waals surface area contributed by atoms with E-state index in [4.69, 9.17) is 9.47 Å². The number of hydrogen-bond acceptors (Lipinski definition) is 6. The first-order valence-corrected chi connectivity index (χ1v) is 14.6. The van der Waals surface area contributed by atoms with Crippen LogP contribution < -0.4 is 14.8 Å². The van der Waals surface area contributed by atoms with Gasteiger partial charge >= 0.3 is 0 Å². The predicted octanol–water partition coefficient (Wildman–Crippen LogP) is 6.51. The Hall–Kier alpha value is -4.69. The summed E-state index contributed by atoms with van der Waals surface area (Å²) in [4.78, 5) is 34.9. The van der Waals surface area contributed by atoms with Gasteiger partial charge in [0.05, 0.1) is 11.3 Å². The van der Waals surface area contributed by atoms with Crippen LogP contribution in [-0.4, -0.2) is 58.9 Å². The average molecular weight is 579 g/mol. The second kappa shape index (κ2) is 13.5. The maximum absolute atomic E-state index is 13.7. The molecule has 8 nitrogen and oxygen atoms in total. The Morgan fingerprint density at radius 1 is 1.00 bits per heavy atom. The lowest BCUT2D eigenvalue weighted by Crippen LogP contribution is -2.48. The molecule has 1 aromatic heterocycles. The SMILES string of the molecule is CC1CN(C(C)C)C(=O)c2cccc(NC(=O)c3ccncc3)c2OC1CN(C)Cc1ccc(Oc2ccccc2)cc1. The van der Waals surface area contributed by atoms with Gasteiger partial charge in [-0.2, -0.15) is 0 Å². The van der Waals surface area contributed by atoms with Gasteiger partial charge in [0.2, 0.25) is 0 Å². The molecule has 2 atom stereocenters. The maximum atomic E-state index is 13.7. The molecule has 8 heteroatoms. The smallest absolute Gasteiger partial charge is 0.257 e. The summed E-state index contributed by atoms with van der Waals surface area (Å²) in [6, 6.07) is 26.4. The molecule has 0 aliphatic carbocycles. The first-order valence-electron chi connectivity index (χ1n) is 14.6. The van der Waals surface area contributed by atoms with Crippen molar-refractivity contribution in [1.82, 2.24) is 14.8 Å². The number of anilines is 1. The van der Waals surface area contributed by atoms with Crippen LogP contribution in [0.15, 0.2) is 97.3 Å². The Bertz CT molecular complexity index is 1530. The lowest BCUT2D eigenvalue weighted by Gasteiger charge is -2.38. The van der Waals surface area contributed by atoms with E-state index >= 15 is 0 Å². The average Bonchev–Trinajstić information content (AvgIpc) is 3.01. The topological polar surface area (TPSA) is 84.0 Å². The molecule has 1 aliphatic rings. The fraction of sp³-hybridized carbons (Fsp3) is 0.286. The summed E-state index contributed by atoms with van der Waals surface area (Å²) in [5.41, 5.74) is 2.52. The first-order chi connectivity index (χ1) is 20.8. The number of ether oxygens (including phenoxy) is 2. The molecule has 5 rings (SSSR count). The normalized spacial score (nSPS) is 16.7. The Morgan fingerprint density at radius 2 is 1.70 bits per heavy atom. The summed E-state index contributed by atoms with van der Waals surface area (Å²) in [7, 11) is 2.06. The molecule has 43 heavy (non-hydrogen) atoms. The number of pyridine rings is 1. The number of amides is 2. The van der Waals surface area contributed by atoms with Crippen molar-refractivity contribution < 1.29 is 19.1 Å². The van der Waals surface area contributed by atoms with Crippen molar-refractivity contribution in [3.05, 3.63) is 114 Å². The Morgan fingerprint density at radius 3 is 2.40 bits per heavy atom. The van der Waals surface area contributed by atoms with E-state index in [0.29, 0.717) is 42.2 Å². The third kappa shape index (κ3) is 7.40. The Kier molecular flexibility index (Phi) is 9.37. The fourth-order valence-corrected chi connectivity index (χ4v) is 5.20. The highest BCUT2D eigenvalue weighted by Gasteiger charge is 2.34. The highest BCUT2D eigenvalue weighted by atomic mass is 16.5. The van der Waals surface area contributed by atoms with E-state index in [-0.39, 0.29) is 29.9 Å². The molecular formula is C35H38N4O4. The van der Waals surface area contributed by atoms with Gasteiger partial charge in [-0.25, -0.2) is 0 Å². The zero-order valence-electron chi connectivity index (χ0n) is 25.1. The molecule has 2 heterocycles. The van der Waals surface area contributed by atoms with Crippen molar-refractivity contribution in [3.8, 4) is 17.2 Å². The summed E-state index contributed by atoms with van der Waals surface area (Å²) in [5.74, 6) is 1.61. The van der Waals surface area contributed by atoms with E-state index in [1.54, 1.807) is 42.7 Å². The van der Waals surface area contributed by atoms with E-state index in [1.807, 2.05) is 61.2 Å². The number of hydrogen-bond donors (Lipinski definition) is 1. The minimum atomic E-state index is -0.295. The monoisotopic (exact) mass is 578 g/mol. The number of rotatable bonds is 9. The summed E-state index contributed by atoms with van der Waals surface area (Å²) in [6.45, 7) is 8.05. The maximum Gasteiger partial charge on any atom is 0.257 e. The van der Waals surface area contributed by atoms with Gasteiger partial charge in [0, 0.05) is 49.6 Å². The third-order valence-electron chi connectivity index (χ3n) is 7.56. The van der Waals surface area contributed by atoms with Crippen molar-refractivity contribution in [1.29, 1.82) is 0 Å². The van der Waals surface area contributed by atoms with Crippen molar-refractivity contribution in [2.24, 2.45) is 5.92 Å². The van der Waals surface area contributed by atoms with Gasteiger partial charge in [0.1, 0.15) is 17.6 Å². The van der Waals surface area contributed by atoms with Gasteiger partial charge in [-0.15, -0.1) is 0 Å². The van der Waals surface area contributed by atoms with Crippen molar-refractivity contribution in [2.45, 2.75) is 39.5 Å². The van der Waals surface area contributed by atoms with Crippen LogP contribution in [-0.2, 0) is 6.54 Å². The highest BCUT2D eigenvalue weighted by Crippen LogP contribution is 2.35. The molecule has 4 aromatic rings. The number of aromatic nitrogens is 1. The number of likely N-dealkylation sites (N-methyl/N-ethyl adjacent to an activating group) is 1. The van der Waals surface area contributed by atoms with Gasteiger partial charge < -0.3 is 19.7 Å². The standard InChI is InChI=1S/C35H38N4O4/c1-24(2)39-21-25(3)32(23-38(4)22-26-13-15-29(16-14-26)42-28-9-6-5-7-10-28)43-33-30(35(39)41)11-8-12-31(33)37-34(40)27-17-19-36-20-18-27/h5-20,24-25,32H,21-23H2,1-4H3,(H,37,40). The van der Waals surface area contributed by atoms with Gasteiger partial charge in [0.15, 0.2) is 5.75 Å². The fourth-order valence-electron chi connectivity index (χ4n) is 5.20. The van der Waals surface area contributed by atoms with Crippen LogP contribution in [0.3, 0.4) is 0 Å². The molecule has 3 aromatic carbocycles. The zero-order valence-corrected chi connectivity index (χ0v) is 25.1. The Balaban J connectivity index is 1.35. The molecule has 0 fully saturated rings. The van der Waals surface area contributed by atoms with E-state index < -0.39 is 0 Å². The summed E-state index contributed by atoms with van der Waals surface area (Å²) < 4.78 is 12.6. The number of nitrogens with one attached hydrogen (secondary N) is 1. The van der Waals surface area contributed by atoms with Crippen LogP contribution in [0.1, 0.15) is 47.1 Å². The van der Waals surface area contributed by atoms with E-state index in [0.717, 1.165) is 17.1 Å². The van der Waals surface area contributed by atoms with Crippen LogP contribution in [0.5, 0.6) is 17.2 Å². The number of carbonyl (C=O) groups excluding carboxylic acids is 2. The molecule has 0 saturated carbocycles. The largest absolute Gasteiger partial charge is 0.486 e. The van der Waals surface area contributed by atoms with Crippen LogP contribution in [0.2, 0.25) is 0 Å². The van der Waals surface area contributed by atoms with Gasteiger partial charge in [-0.05, 0) is 75.0 Å². The lowest BCUT2D eigenvalue weighted by molar-refractivity contribution is 0.0433. The minimum absolute atomic E-state index is 0.00552. The lowest BCUT2D eigenvalue weighted by atomic mass is 9.99. The summed E-state index contributed by atoms with van der Waals surface area (Å²) in [5, 5.41) is 2.96. The molecule has 1 aliphatic heterocycles. The Labute approximate surface area is 253 Å². The van der Waals surface area contributed by atoms with Crippen molar-refractivity contribution >= 4 is 17.5 Å². The zero-order chi connectivity index (χ0) is 30.3. The second-order valence-electron chi connectivity index (χ2n) is 11.3. The molecule has 2 unspecified atom stereocenters. The first kappa shape index (κ1) is 29.8.